The van der Waals surface area contributed by atoms with Gasteiger partial charge in [-0.25, -0.2) is 0 Å². The van der Waals surface area contributed by atoms with E-state index in [1.807, 2.05) is 0 Å². The van der Waals surface area contributed by atoms with Crippen LogP contribution in [0.3, 0.4) is 0 Å². The third kappa shape index (κ3) is 43.6. The molecule has 0 aliphatic heterocycles. The summed E-state index contributed by atoms with van der Waals surface area (Å²) in [5, 5.41) is 8.67. The summed E-state index contributed by atoms with van der Waals surface area (Å²) >= 11 is 0. The van der Waals surface area contributed by atoms with E-state index in [1.54, 1.807) is 0 Å². The van der Waals surface area contributed by atoms with Crippen molar-refractivity contribution in [1.82, 2.24) is 0 Å². The lowest BCUT2D eigenvalue weighted by Crippen LogP contribution is -1.64. The Hall–Kier alpha value is -0.170. The molecule has 22 valence electrons. The van der Waals surface area contributed by atoms with Gasteiger partial charge in [0, 0.05) is 0 Å². The lowest BCUT2D eigenvalue weighted by molar-refractivity contribution is -0.288. The van der Waals surface area contributed by atoms with Gasteiger partial charge in [0.05, 0.1) is 4.69 Å². The molecule has 3 nitrogen and oxygen atoms in total. The minimum atomic E-state index is -0.806. The van der Waals surface area contributed by atoms with Gasteiger partial charge in [-0.2, -0.15) is 0 Å². The van der Waals surface area contributed by atoms with E-state index in [0.29, 0.717) is 0 Å². The van der Waals surface area contributed by atoms with E-state index >= 15 is 0 Å². The molecule has 0 atom stereocenters. The Labute approximate surface area is 25.4 Å². The number of hydrogen-bond donors (Lipinski definition) is 0. The Balaban J connectivity index is 2.80. The second kappa shape index (κ2) is 1.18. The molecule has 0 amide bonds. The first-order chi connectivity index (χ1) is 1.73. The molecular weight excluding hydrogens is 77.0 g/mol. The summed E-state index contributed by atoms with van der Waals surface area (Å²) in [6.07, 6.45) is 0. The molecule has 4 heavy (non-hydrogen) atoms. The third-order valence-corrected chi connectivity index (χ3v) is 0. The van der Waals surface area contributed by atoms with Crippen LogP contribution in [0.1, 0.15) is 0 Å². The Morgan fingerprint density at radius 3 is 2.00 bits per heavy atom. The van der Waals surface area contributed by atoms with Crippen LogP contribution in [0.25, 0.3) is 0 Å². The van der Waals surface area contributed by atoms with Crippen molar-refractivity contribution in [2.24, 2.45) is 0 Å². The van der Waals surface area contributed by atoms with Crippen molar-refractivity contribution in [2.45, 2.75) is 0 Å². The van der Waals surface area contributed by atoms with Crippen LogP contribution in [0.4, 0.5) is 0 Å². The molecule has 0 aliphatic rings. The zero-order valence-corrected chi connectivity index (χ0v) is 2.61. The number of nitro groups is 1. The van der Waals surface area contributed by atoms with E-state index in [0.717, 1.165) is 0 Å². The second-order valence-corrected chi connectivity index (χ2v) is 0.564. The zero-order chi connectivity index (χ0) is 3.58. The van der Waals surface area contributed by atoms with E-state index in [4.69, 9.17) is 10.1 Å². The molecule has 0 fully saturated rings. The fourth-order valence-corrected chi connectivity index (χ4v) is 0. The van der Waals surface area contributed by atoms with Crippen LogP contribution < -0.4 is 0 Å². The predicted octanol–water partition coefficient (Wildman–Crippen LogP) is 0.589. The van der Waals surface area contributed by atoms with E-state index < -0.39 is 4.69 Å². The van der Waals surface area contributed by atoms with Crippen molar-refractivity contribution in [3.05, 3.63) is 10.1 Å². The van der Waals surface area contributed by atoms with E-state index in [-0.39, 0.29) is 0 Å². The number of hydrogen-bond acceptors (Lipinski definition) is 2. The van der Waals surface area contributed by atoms with Gasteiger partial charge in [-0.1, -0.05) is 0 Å². The minimum absolute atomic E-state index is 0.806. The molecule has 0 spiro atoms. The Bertz CT molecular complexity index is 29.0. The maximum absolute atomic E-state index is 8.67. The molecule has 2 radical (unpaired) electrons. The maximum atomic E-state index is 8.67. The van der Waals surface area contributed by atoms with Crippen LogP contribution >= 0.6 is 9.39 Å². The number of rotatable bonds is 0. The van der Waals surface area contributed by atoms with E-state index in [2.05, 4.69) is 9.39 Å². The van der Waals surface area contributed by atoms with Gasteiger partial charge in [-0.05, 0) is 0 Å². The minimum Gasteiger partial charge on any atom is -0.262 e. The standard InChI is InChI=1S/NO2P/c2-1(3)4. The fourth-order valence-electron chi connectivity index (χ4n) is 0. The van der Waals surface area contributed by atoms with Gasteiger partial charge >= 0.3 is 9.39 Å². The van der Waals surface area contributed by atoms with Crippen LogP contribution in [0.5, 0.6) is 0 Å². The molecule has 0 aromatic rings. The van der Waals surface area contributed by atoms with Crippen LogP contribution in [-0.4, -0.2) is 4.69 Å². The summed E-state index contributed by atoms with van der Waals surface area (Å²) in [6, 6.07) is 0. The molecule has 4 heteroatoms. The topological polar surface area (TPSA) is 43.1 Å². The summed E-state index contributed by atoms with van der Waals surface area (Å²) in [4.78, 5) is 8.67. The predicted molar refractivity (Wildman–Crippen MR) is 13.9 cm³/mol. The summed E-state index contributed by atoms with van der Waals surface area (Å²) in [5.74, 6) is 0. The van der Waals surface area contributed by atoms with Gasteiger partial charge in [0.2, 0.25) is 0 Å². The SMILES string of the molecule is O=[N+]([O-])[P]. The highest BCUT2D eigenvalue weighted by atomic mass is 31.0. The average molecular weight is 77.0 g/mol. The lowest BCUT2D eigenvalue weighted by Gasteiger charge is -1.57. The van der Waals surface area contributed by atoms with Crippen molar-refractivity contribution < 1.29 is 4.69 Å². The van der Waals surface area contributed by atoms with Crippen molar-refractivity contribution in [2.75, 3.05) is 0 Å². The summed E-state index contributed by atoms with van der Waals surface area (Å²) in [6.45, 7) is 0. The quantitative estimate of drug-likeness (QED) is 0.241. The first-order valence-electron chi connectivity index (χ1n) is 0.565. The third-order valence-electron chi connectivity index (χ3n) is 0. The van der Waals surface area contributed by atoms with Gasteiger partial charge in [0.1, 0.15) is 0 Å². The highest BCUT2D eigenvalue weighted by Gasteiger charge is 1.67. The molecule has 0 aliphatic carbocycles. The first kappa shape index (κ1) is 3.83. The summed E-state index contributed by atoms with van der Waals surface area (Å²) < 4.78 is -0.806. The molecule has 0 bridgehead atoms. The maximum Gasteiger partial charge on any atom is 0.467 e. The summed E-state index contributed by atoms with van der Waals surface area (Å²) in [5.41, 5.74) is 0. The van der Waals surface area contributed by atoms with Crippen molar-refractivity contribution in [1.29, 1.82) is 0 Å². The summed E-state index contributed by atoms with van der Waals surface area (Å²) in [7, 11) is 2.69. The zero-order valence-electron chi connectivity index (χ0n) is 1.71. The second-order valence-electron chi connectivity index (χ2n) is 0.238. The van der Waals surface area contributed by atoms with Gasteiger partial charge in [-0.3, -0.25) is 10.1 Å². The van der Waals surface area contributed by atoms with Crippen molar-refractivity contribution >= 4 is 9.39 Å². The molecule has 0 rings (SSSR count). The van der Waals surface area contributed by atoms with Crippen LogP contribution in [0, 0.1) is 10.1 Å². The monoisotopic (exact) mass is 77.0 g/mol. The first-order valence-corrected chi connectivity index (χ1v) is 0.965. The highest BCUT2D eigenvalue weighted by molar-refractivity contribution is 7.08. The van der Waals surface area contributed by atoms with E-state index in [1.165, 1.54) is 0 Å². The smallest absolute Gasteiger partial charge is 0.262 e. The molecule has 0 saturated carbocycles. The Kier molecular flexibility index (Phi) is 1.13. The molecule has 0 N–H and O–H groups in total. The fraction of sp³-hybridized carbons (Fsp3) is 0. The molecule has 0 aromatic heterocycles. The molecular formula is NO2P. The molecule has 0 unspecified atom stereocenters. The molecule has 0 aromatic carbocycles. The van der Waals surface area contributed by atoms with Gasteiger partial charge in [0.25, 0.3) is 0 Å². The van der Waals surface area contributed by atoms with Gasteiger partial charge < -0.3 is 0 Å². The lowest BCUT2D eigenvalue weighted by atomic mass is 13.4. The Morgan fingerprint density at radius 2 is 2.00 bits per heavy atom. The van der Waals surface area contributed by atoms with Crippen LogP contribution in [-0.2, 0) is 0 Å². The van der Waals surface area contributed by atoms with Crippen molar-refractivity contribution in [3.8, 4) is 0 Å². The van der Waals surface area contributed by atoms with Crippen LogP contribution in [0.15, 0.2) is 0 Å². The number of nitrogens with zero attached hydrogens (tertiary/aromatic N) is 1. The average Bonchev–Trinajstić information content (AvgIpc) is 0.811. The van der Waals surface area contributed by atoms with E-state index in [9.17, 15) is 0 Å². The van der Waals surface area contributed by atoms with Crippen molar-refractivity contribution in [3.63, 3.8) is 0 Å². The van der Waals surface area contributed by atoms with Crippen LogP contribution in [0.2, 0.25) is 0 Å². The molecule has 0 saturated heterocycles. The highest BCUT2D eigenvalue weighted by Crippen LogP contribution is 1.72. The molecule has 0 heterocycles. The van der Waals surface area contributed by atoms with Gasteiger partial charge in [-0.15, -0.1) is 0 Å². The normalized spacial score (nSPS) is 6.25. The Morgan fingerprint density at radius 1 is 2.00 bits per heavy atom. The van der Waals surface area contributed by atoms with Gasteiger partial charge in [0.15, 0.2) is 0 Å². The largest absolute Gasteiger partial charge is 0.467 e.